The van der Waals surface area contributed by atoms with Crippen molar-refractivity contribution in [3.05, 3.63) is 29.8 Å². The number of amides is 1. The van der Waals surface area contributed by atoms with Gasteiger partial charge in [0.25, 0.3) is 0 Å². The first-order valence-electron chi connectivity index (χ1n) is 8.14. The fourth-order valence-corrected chi connectivity index (χ4v) is 3.32. The Bertz CT molecular complexity index is 669. The highest BCUT2D eigenvalue weighted by Gasteiger charge is 2.26. The lowest BCUT2D eigenvalue weighted by Crippen LogP contribution is -2.44. The van der Waals surface area contributed by atoms with Crippen LogP contribution in [-0.4, -0.2) is 44.1 Å². The van der Waals surface area contributed by atoms with E-state index in [-0.39, 0.29) is 12.5 Å². The van der Waals surface area contributed by atoms with Gasteiger partial charge in [0.1, 0.15) is 6.54 Å². The largest absolute Gasteiger partial charge is 0.341 e. The van der Waals surface area contributed by atoms with E-state index in [1.807, 2.05) is 36.1 Å². The van der Waals surface area contributed by atoms with Gasteiger partial charge in [-0.15, -0.1) is 5.10 Å². The summed E-state index contributed by atoms with van der Waals surface area (Å²) in [5.41, 5.74) is 2.11. The van der Waals surface area contributed by atoms with E-state index in [0.29, 0.717) is 17.7 Å². The Hall–Kier alpha value is -2.24. The van der Waals surface area contributed by atoms with E-state index in [4.69, 9.17) is 0 Å². The number of aromatic nitrogens is 4. The van der Waals surface area contributed by atoms with Crippen LogP contribution in [0.4, 0.5) is 0 Å². The minimum atomic E-state index is 0.0871. The number of carbonyl (C=O) groups excluding carboxylic acids is 1. The van der Waals surface area contributed by atoms with Crippen molar-refractivity contribution < 1.29 is 4.79 Å². The van der Waals surface area contributed by atoms with E-state index in [9.17, 15) is 4.79 Å². The predicted molar refractivity (Wildman–Crippen MR) is 87.5 cm³/mol. The van der Waals surface area contributed by atoms with Crippen molar-refractivity contribution in [3.8, 4) is 11.4 Å². The van der Waals surface area contributed by atoms with Gasteiger partial charge in [-0.1, -0.05) is 43.7 Å². The second-order valence-electron chi connectivity index (χ2n) is 6.77. The zero-order chi connectivity index (χ0) is 16.4. The Morgan fingerprint density at radius 2 is 1.83 bits per heavy atom. The number of likely N-dealkylation sites (tertiary alicyclic amines) is 1. The average Bonchev–Trinajstić information content (AvgIpc) is 2.95. The molecule has 2 atom stereocenters. The normalized spacial score (nSPS) is 21.4. The van der Waals surface area contributed by atoms with E-state index >= 15 is 0 Å². The number of rotatable bonds is 3. The van der Waals surface area contributed by atoms with Crippen molar-refractivity contribution in [2.24, 2.45) is 11.8 Å². The van der Waals surface area contributed by atoms with Crippen LogP contribution in [0.2, 0.25) is 0 Å². The Morgan fingerprint density at radius 3 is 2.48 bits per heavy atom. The summed E-state index contributed by atoms with van der Waals surface area (Å²) < 4.78 is 1.59. The molecule has 0 aliphatic carbocycles. The minimum Gasteiger partial charge on any atom is -0.341 e. The molecule has 1 aliphatic heterocycles. The summed E-state index contributed by atoms with van der Waals surface area (Å²) >= 11 is 0. The second-order valence-corrected chi connectivity index (χ2v) is 6.77. The van der Waals surface area contributed by atoms with Gasteiger partial charge in [0.05, 0.1) is 0 Å². The van der Waals surface area contributed by atoms with Crippen LogP contribution in [0.25, 0.3) is 11.4 Å². The molecular formula is C17H23N5O. The van der Waals surface area contributed by atoms with Gasteiger partial charge in [-0.25, -0.2) is 4.68 Å². The molecule has 0 saturated carbocycles. The molecule has 122 valence electrons. The third kappa shape index (κ3) is 3.57. The molecule has 6 nitrogen and oxygen atoms in total. The van der Waals surface area contributed by atoms with E-state index in [1.54, 1.807) is 4.68 Å². The SMILES string of the molecule is Cc1ccc(-c2nnnn2CC(=O)N2C[C@@H](C)C[C@H](C)C2)cc1. The number of aryl methyl sites for hydroxylation is 1. The van der Waals surface area contributed by atoms with Crippen molar-refractivity contribution in [1.29, 1.82) is 0 Å². The molecule has 0 unspecified atom stereocenters. The number of carbonyl (C=O) groups is 1. The fourth-order valence-electron chi connectivity index (χ4n) is 3.32. The van der Waals surface area contributed by atoms with Gasteiger partial charge in [-0.3, -0.25) is 4.79 Å². The maximum atomic E-state index is 12.6. The lowest BCUT2D eigenvalue weighted by Gasteiger charge is -2.35. The molecule has 1 aliphatic rings. The average molecular weight is 313 g/mol. The maximum Gasteiger partial charge on any atom is 0.244 e. The van der Waals surface area contributed by atoms with E-state index in [1.165, 1.54) is 12.0 Å². The number of nitrogens with zero attached hydrogens (tertiary/aromatic N) is 5. The van der Waals surface area contributed by atoms with Crippen LogP contribution < -0.4 is 0 Å². The zero-order valence-corrected chi connectivity index (χ0v) is 13.9. The highest BCUT2D eigenvalue weighted by Crippen LogP contribution is 2.22. The Morgan fingerprint density at radius 1 is 1.17 bits per heavy atom. The van der Waals surface area contributed by atoms with Crippen molar-refractivity contribution in [1.82, 2.24) is 25.1 Å². The predicted octanol–water partition coefficient (Wildman–Crippen LogP) is 2.15. The quantitative estimate of drug-likeness (QED) is 0.871. The summed E-state index contributed by atoms with van der Waals surface area (Å²) in [6, 6.07) is 7.99. The topological polar surface area (TPSA) is 63.9 Å². The molecular weight excluding hydrogens is 290 g/mol. The molecule has 2 aromatic rings. The lowest BCUT2D eigenvalue weighted by atomic mass is 9.92. The van der Waals surface area contributed by atoms with Crippen LogP contribution in [-0.2, 0) is 11.3 Å². The molecule has 0 N–H and O–H groups in total. The monoisotopic (exact) mass is 313 g/mol. The summed E-state index contributed by atoms with van der Waals surface area (Å²) in [6.07, 6.45) is 1.18. The van der Waals surface area contributed by atoms with Gasteiger partial charge in [-0.05, 0) is 35.6 Å². The van der Waals surface area contributed by atoms with Gasteiger partial charge in [-0.2, -0.15) is 0 Å². The highest BCUT2D eigenvalue weighted by molar-refractivity contribution is 5.76. The molecule has 3 rings (SSSR count). The van der Waals surface area contributed by atoms with Crippen molar-refractivity contribution in [3.63, 3.8) is 0 Å². The van der Waals surface area contributed by atoms with Crippen molar-refractivity contribution >= 4 is 5.91 Å². The van der Waals surface area contributed by atoms with Crippen LogP contribution >= 0.6 is 0 Å². The summed E-state index contributed by atoms with van der Waals surface area (Å²) in [5, 5.41) is 11.8. The first-order valence-corrected chi connectivity index (χ1v) is 8.14. The fraction of sp³-hybridized carbons (Fsp3) is 0.529. The molecule has 0 radical (unpaired) electrons. The molecule has 1 fully saturated rings. The third-order valence-electron chi connectivity index (χ3n) is 4.35. The number of benzene rings is 1. The molecule has 23 heavy (non-hydrogen) atoms. The summed E-state index contributed by atoms with van der Waals surface area (Å²) in [7, 11) is 0. The molecule has 1 amide bonds. The molecule has 0 bridgehead atoms. The van der Waals surface area contributed by atoms with Crippen LogP contribution in [0, 0.1) is 18.8 Å². The van der Waals surface area contributed by atoms with Gasteiger partial charge >= 0.3 is 0 Å². The number of piperidine rings is 1. The van der Waals surface area contributed by atoms with Crippen molar-refractivity contribution in [2.75, 3.05) is 13.1 Å². The molecule has 2 heterocycles. The van der Waals surface area contributed by atoms with Gasteiger partial charge in [0.15, 0.2) is 5.82 Å². The van der Waals surface area contributed by atoms with Crippen molar-refractivity contribution in [2.45, 2.75) is 33.7 Å². The Balaban J connectivity index is 1.75. The minimum absolute atomic E-state index is 0.0871. The first-order chi connectivity index (χ1) is 11.0. The molecule has 6 heteroatoms. The third-order valence-corrected chi connectivity index (χ3v) is 4.35. The first kappa shape index (κ1) is 15.6. The smallest absolute Gasteiger partial charge is 0.244 e. The second kappa shape index (κ2) is 6.48. The number of hydrogen-bond donors (Lipinski definition) is 0. The zero-order valence-electron chi connectivity index (χ0n) is 13.9. The highest BCUT2D eigenvalue weighted by atomic mass is 16.2. The summed E-state index contributed by atoms with van der Waals surface area (Å²) in [5.74, 6) is 1.82. The van der Waals surface area contributed by atoms with Crippen LogP contribution in [0.5, 0.6) is 0 Å². The summed E-state index contributed by atoms with van der Waals surface area (Å²) in [4.78, 5) is 14.5. The standard InChI is InChI=1S/C17H23N5O/c1-12-4-6-15(7-5-12)17-18-19-20-22(17)11-16(23)21-9-13(2)8-14(3)10-21/h4-7,13-14H,8-11H2,1-3H3/t13-,14-/m0/s1. The molecule has 1 saturated heterocycles. The van der Waals surface area contributed by atoms with Crippen LogP contribution in [0.1, 0.15) is 25.8 Å². The van der Waals surface area contributed by atoms with Gasteiger partial charge < -0.3 is 4.90 Å². The molecule has 1 aromatic carbocycles. The molecule has 1 aromatic heterocycles. The lowest BCUT2D eigenvalue weighted by molar-refractivity contribution is -0.134. The van der Waals surface area contributed by atoms with E-state index < -0.39 is 0 Å². The van der Waals surface area contributed by atoms with Crippen LogP contribution in [0.3, 0.4) is 0 Å². The van der Waals surface area contributed by atoms with Crippen LogP contribution in [0.15, 0.2) is 24.3 Å². The Kier molecular flexibility index (Phi) is 4.41. The Labute approximate surface area is 136 Å². The maximum absolute atomic E-state index is 12.6. The summed E-state index contributed by atoms with van der Waals surface area (Å²) in [6.45, 7) is 8.27. The van der Waals surface area contributed by atoms with E-state index in [0.717, 1.165) is 18.7 Å². The van der Waals surface area contributed by atoms with Gasteiger partial charge in [0.2, 0.25) is 5.91 Å². The molecule has 0 spiro atoms. The van der Waals surface area contributed by atoms with Gasteiger partial charge in [0, 0.05) is 18.7 Å². The number of hydrogen-bond acceptors (Lipinski definition) is 4. The number of tetrazole rings is 1. The van der Waals surface area contributed by atoms with E-state index in [2.05, 4.69) is 29.4 Å².